The minimum Gasteiger partial charge on any atom is -0.309 e. The molecule has 0 heterocycles. The Morgan fingerprint density at radius 2 is 1.60 bits per heavy atom. The normalized spacial score (nSPS) is 21.1. The molecule has 3 nitrogen and oxygen atoms in total. The lowest BCUT2D eigenvalue weighted by atomic mass is 9.71. The number of allylic oxidation sites excluding steroid dienone is 3. The lowest BCUT2D eigenvalue weighted by molar-refractivity contribution is -0.113. The molecule has 1 fully saturated rings. The number of fused-ring (bicyclic) bond motifs is 1. The molecule has 0 spiro atoms. The van der Waals surface area contributed by atoms with Gasteiger partial charge in [-0.15, -0.1) is 0 Å². The molecule has 0 aromatic heterocycles. The maximum Gasteiger partial charge on any atom is 0.177 e. The van der Waals surface area contributed by atoms with E-state index in [1.165, 1.54) is 65.5 Å². The maximum atomic E-state index is 13.9. The van der Waals surface area contributed by atoms with Crippen LogP contribution < -0.4 is 0 Å². The van der Waals surface area contributed by atoms with Gasteiger partial charge in [-0.2, -0.15) is 0 Å². The summed E-state index contributed by atoms with van der Waals surface area (Å²) >= 11 is 0. The molecule has 47 heavy (non-hydrogen) atoms. The van der Waals surface area contributed by atoms with Crippen LogP contribution >= 0.6 is 0 Å². The van der Waals surface area contributed by atoms with E-state index in [0.717, 1.165) is 44.2 Å². The van der Waals surface area contributed by atoms with Crippen LogP contribution in [0.4, 0.5) is 0 Å². The zero-order valence-electron chi connectivity index (χ0n) is 28.5. The third-order valence-electron chi connectivity index (χ3n) is 10.8. The van der Waals surface area contributed by atoms with Crippen molar-refractivity contribution in [3.05, 3.63) is 129 Å². The number of carbonyl (C=O) groups is 1. The van der Waals surface area contributed by atoms with Crippen molar-refractivity contribution in [1.29, 1.82) is 5.41 Å². The van der Waals surface area contributed by atoms with E-state index in [9.17, 15) is 4.79 Å². The smallest absolute Gasteiger partial charge is 0.177 e. The second-order valence-corrected chi connectivity index (χ2v) is 14.4. The first-order valence-electron chi connectivity index (χ1n) is 18.0. The Balaban J connectivity index is 1.33. The molecule has 3 aliphatic carbocycles. The van der Waals surface area contributed by atoms with Crippen molar-refractivity contribution < 1.29 is 4.79 Å². The van der Waals surface area contributed by atoms with Crippen LogP contribution in [0.15, 0.2) is 102 Å². The molecule has 0 bridgehead atoms. The summed E-state index contributed by atoms with van der Waals surface area (Å²) in [6.07, 6.45) is 20.3. The highest BCUT2D eigenvalue weighted by atomic mass is 16.1. The molecule has 3 heteroatoms. The third-order valence-corrected chi connectivity index (χ3v) is 10.8. The first-order valence-corrected chi connectivity index (χ1v) is 18.0. The molecule has 3 aliphatic rings. The summed E-state index contributed by atoms with van der Waals surface area (Å²) < 4.78 is 0. The monoisotopic (exact) mass is 624 g/mol. The summed E-state index contributed by atoms with van der Waals surface area (Å²) in [4.78, 5) is 16.1. The van der Waals surface area contributed by atoms with Gasteiger partial charge in [0.2, 0.25) is 0 Å². The summed E-state index contributed by atoms with van der Waals surface area (Å²) in [6.45, 7) is 1.09. The van der Waals surface area contributed by atoms with Crippen molar-refractivity contribution in [2.24, 2.45) is 5.92 Å². The Labute approximate surface area is 283 Å². The van der Waals surface area contributed by atoms with E-state index in [4.69, 9.17) is 5.41 Å². The second kappa shape index (κ2) is 15.8. The first kappa shape index (κ1) is 33.1. The molecule has 0 amide bonds. The lowest BCUT2D eigenvalue weighted by Crippen LogP contribution is -2.23. The van der Waals surface area contributed by atoms with E-state index >= 15 is 0 Å². The molecule has 3 aromatic rings. The summed E-state index contributed by atoms with van der Waals surface area (Å²) in [5.74, 6) is 0.994. The van der Waals surface area contributed by atoms with Gasteiger partial charge in [-0.25, -0.2) is 0 Å². The molecule has 1 N–H and O–H groups in total. The predicted octanol–water partition coefficient (Wildman–Crippen LogP) is 10.6. The summed E-state index contributed by atoms with van der Waals surface area (Å²) in [6, 6.07) is 27.9. The van der Waals surface area contributed by atoms with Gasteiger partial charge < -0.3 is 10.3 Å². The highest BCUT2D eigenvalue weighted by molar-refractivity contribution is 6.39. The zero-order chi connectivity index (χ0) is 32.6. The third kappa shape index (κ3) is 8.56. The van der Waals surface area contributed by atoms with Crippen LogP contribution in [0.3, 0.4) is 0 Å². The van der Waals surface area contributed by atoms with E-state index in [0.29, 0.717) is 24.7 Å². The van der Waals surface area contributed by atoms with E-state index in [2.05, 4.69) is 85.8 Å². The zero-order valence-corrected chi connectivity index (χ0v) is 28.5. The number of carbonyl (C=O) groups excluding carboxylic acids is 1. The largest absolute Gasteiger partial charge is 0.309 e. The van der Waals surface area contributed by atoms with Crippen molar-refractivity contribution >= 4 is 23.6 Å². The van der Waals surface area contributed by atoms with Gasteiger partial charge in [-0.1, -0.05) is 122 Å². The quantitative estimate of drug-likeness (QED) is 0.170. The average Bonchev–Trinajstić information content (AvgIpc) is 3.35. The van der Waals surface area contributed by atoms with Gasteiger partial charge in [-0.3, -0.25) is 4.79 Å². The molecule has 2 atom stereocenters. The van der Waals surface area contributed by atoms with Gasteiger partial charge in [0.05, 0.1) is 5.71 Å². The SMILES string of the molecule is CN(C)CCC1=CCCC(C2=Cc3ccccc3C(CC(=O)C(=N)Cc3ccccc3)/C2=C/c2ccc(C3CCCCC3)cc2)CC1. The van der Waals surface area contributed by atoms with Crippen LogP contribution in [0.5, 0.6) is 0 Å². The van der Waals surface area contributed by atoms with Gasteiger partial charge in [0, 0.05) is 25.3 Å². The van der Waals surface area contributed by atoms with Crippen LogP contribution in [0, 0.1) is 11.3 Å². The molecule has 2 unspecified atom stereocenters. The highest BCUT2D eigenvalue weighted by Crippen LogP contribution is 2.47. The molecule has 0 radical (unpaired) electrons. The minimum atomic E-state index is -0.0720. The van der Waals surface area contributed by atoms with Crippen molar-refractivity contribution in [1.82, 2.24) is 4.90 Å². The summed E-state index contributed by atoms with van der Waals surface area (Å²) in [5.41, 5.74) is 10.6. The number of Topliss-reactive ketones (excluding diaryl/α,β-unsaturated/α-hetero) is 1. The fourth-order valence-corrected chi connectivity index (χ4v) is 8.02. The molecule has 3 aromatic carbocycles. The van der Waals surface area contributed by atoms with Gasteiger partial charge in [0.1, 0.15) is 0 Å². The van der Waals surface area contributed by atoms with E-state index < -0.39 is 0 Å². The number of nitrogens with zero attached hydrogens (tertiary/aromatic N) is 1. The highest BCUT2D eigenvalue weighted by Gasteiger charge is 2.33. The second-order valence-electron chi connectivity index (χ2n) is 14.4. The van der Waals surface area contributed by atoms with Gasteiger partial charge in [0.25, 0.3) is 0 Å². The number of hydrogen-bond acceptors (Lipinski definition) is 3. The van der Waals surface area contributed by atoms with Gasteiger partial charge in [0.15, 0.2) is 5.78 Å². The molecule has 1 saturated carbocycles. The maximum absolute atomic E-state index is 13.9. The fourth-order valence-electron chi connectivity index (χ4n) is 8.02. The minimum absolute atomic E-state index is 0.0537. The Hall–Kier alpha value is -3.82. The molecular formula is C44H52N2O. The summed E-state index contributed by atoms with van der Waals surface area (Å²) in [7, 11) is 4.31. The average molecular weight is 625 g/mol. The Morgan fingerprint density at radius 1 is 0.851 bits per heavy atom. The fraction of sp³-hybridized carbons (Fsp3) is 0.409. The molecule has 6 rings (SSSR count). The number of rotatable bonds is 11. The number of nitrogens with one attached hydrogen (secondary N) is 1. The van der Waals surface area contributed by atoms with Crippen LogP contribution in [-0.4, -0.2) is 37.0 Å². The van der Waals surface area contributed by atoms with Crippen molar-refractivity contribution in [2.45, 2.75) is 88.9 Å². The van der Waals surface area contributed by atoms with Gasteiger partial charge >= 0.3 is 0 Å². The van der Waals surface area contributed by atoms with Crippen LogP contribution in [0.1, 0.15) is 110 Å². The van der Waals surface area contributed by atoms with Crippen LogP contribution in [0.25, 0.3) is 12.2 Å². The number of ketones is 1. The topological polar surface area (TPSA) is 44.2 Å². The van der Waals surface area contributed by atoms with Crippen LogP contribution in [-0.2, 0) is 11.2 Å². The predicted molar refractivity (Wildman–Crippen MR) is 198 cm³/mol. The number of benzene rings is 3. The number of hydrogen-bond donors (Lipinski definition) is 1. The van der Waals surface area contributed by atoms with Crippen molar-refractivity contribution in [3.8, 4) is 0 Å². The van der Waals surface area contributed by atoms with Crippen molar-refractivity contribution in [2.75, 3.05) is 20.6 Å². The molecule has 0 aliphatic heterocycles. The van der Waals surface area contributed by atoms with E-state index in [1.54, 1.807) is 5.57 Å². The standard InChI is InChI=1S/C44H52N2O/c1-46(2)27-26-32-14-11-18-37(25-20-32)40-30-38-17-9-10-19-39(38)42(31-44(47)43(45)29-33-12-5-3-6-13-33)41(40)28-34-21-23-36(24-22-34)35-15-7-4-8-16-35/h3,5-6,9-10,12-14,17,19,21-24,28,30,35,37,42,45H,4,7-8,11,15-16,18,20,25-27,29,31H2,1-2H3/b41-28+,45-43?. The Morgan fingerprint density at radius 3 is 2.36 bits per heavy atom. The lowest BCUT2D eigenvalue weighted by Gasteiger charge is -2.33. The van der Waals surface area contributed by atoms with E-state index in [1.807, 2.05) is 30.3 Å². The first-order chi connectivity index (χ1) is 22.9. The van der Waals surface area contributed by atoms with E-state index in [-0.39, 0.29) is 17.4 Å². The molecule has 0 saturated heterocycles. The van der Waals surface area contributed by atoms with Gasteiger partial charge in [-0.05, 0) is 110 Å². The summed E-state index contributed by atoms with van der Waals surface area (Å²) in [5, 5.41) is 8.82. The Kier molecular flexibility index (Phi) is 11.2. The molecule has 244 valence electrons. The van der Waals surface area contributed by atoms with Crippen LogP contribution in [0.2, 0.25) is 0 Å². The molecular weight excluding hydrogens is 572 g/mol. The Bertz CT molecular complexity index is 1620. The van der Waals surface area contributed by atoms with Crippen molar-refractivity contribution in [3.63, 3.8) is 0 Å².